The minimum Gasteiger partial charge on any atom is -0.380 e. The molecule has 4 heteroatoms. The van der Waals surface area contributed by atoms with Gasteiger partial charge in [0.1, 0.15) is 0 Å². The molecule has 0 fully saturated rings. The zero-order valence-electron chi connectivity index (χ0n) is 10.6. The molecule has 0 radical (unpaired) electrons. The molecule has 0 amide bonds. The molecule has 0 heterocycles. The van der Waals surface area contributed by atoms with Crippen molar-refractivity contribution in [2.24, 2.45) is 0 Å². The van der Waals surface area contributed by atoms with Gasteiger partial charge >= 0.3 is 0 Å². The molecule has 0 aliphatic heterocycles. The predicted octanol–water partition coefficient (Wildman–Crippen LogP) is 3.57. The normalized spacial score (nSPS) is 10.9. The van der Waals surface area contributed by atoms with E-state index in [9.17, 15) is 0 Å². The first kappa shape index (κ1) is 14.5. The van der Waals surface area contributed by atoms with Gasteiger partial charge in [0, 0.05) is 23.4 Å². The SMILES string of the molecule is CCOC(CNc1cccc(Br)c1C)OCC. The van der Waals surface area contributed by atoms with Crippen LogP contribution < -0.4 is 5.32 Å². The Hall–Kier alpha value is -0.580. The average Bonchev–Trinajstić information content (AvgIpc) is 2.31. The molecule has 0 aromatic heterocycles. The van der Waals surface area contributed by atoms with Crippen LogP contribution in [0.5, 0.6) is 0 Å². The van der Waals surface area contributed by atoms with E-state index in [1.807, 2.05) is 26.0 Å². The van der Waals surface area contributed by atoms with E-state index in [0.717, 1.165) is 10.2 Å². The fourth-order valence-corrected chi connectivity index (χ4v) is 1.90. The molecule has 0 atom stereocenters. The maximum absolute atomic E-state index is 5.48. The third kappa shape index (κ3) is 4.66. The van der Waals surface area contributed by atoms with Crippen molar-refractivity contribution < 1.29 is 9.47 Å². The second-order valence-electron chi connectivity index (χ2n) is 3.63. The highest BCUT2D eigenvalue weighted by molar-refractivity contribution is 9.10. The molecule has 3 nitrogen and oxygen atoms in total. The van der Waals surface area contributed by atoms with E-state index in [1.54, 1.807) is 0 Å². The summed E-state index contributed by atoms with van der Waals surface area (Å²) in [5.41, 5.74) is 2.29. The number of hydrogen-bond acceptors (Lipinski definition) is 3. The fraction of sp³-hybridized carbons (Fsp3) is 0.538. The summed E-state index contributed by atoms with van der Waals surface area (Å²) in [6.45, 7) is 7.97. The van der Waals surface area contributed by atoms with Crippen LogP contribution >= 0.6 is 15.9 Å². The van der Waals surface area contributed by atoms with Crippen molar-refractivity contribution >= 4 is 21.6 Å². The number of nitrogens with one attached hydrogen (secondary N) is 1. The molecule has 1 N–H and O–H groups in total. The van der Waals surface area contributed by atoms with Crippen molar-refractivity contribution in [2.75, 3.05) is 25.1 Å². The van der Waals surface area contributed by atoms with Gasteiger partial charge in [-0.1, -0.05) is 22.0 Å². The van der Waals surface area contributed by atoms with Crippen molar-refractivity contribution in [3.8, 4) is 0 Å². The molecule has 0 aliphatic rings. The van der Waals surface area contributed by atoms with Crippen LogP contribution in [-0.2, 0) is 9.47 Å². The maximum Gasteiger partial charge on any atom is 0.174 e. The minimum atomic E-state index is -0.191. The van der Waals surface area contributed by atoms with E-state index in [4.69, 9.17) is 9.47 Å². The molecule has 0 bridgehead atoms. The third-order valence-corrected chi connectivity index (χ3v) is 3.29. The lowest BCUT2D eigenvalue weighted by molar-refractivity contribution is -0.126. The number of halogens is 1. The highest BCUT2D eigenvalue weighted by Crippen LogP contribution is 2.23. The minimum absolute atomic E-state index is 0.191. The molecule has 0 spiro atoms. The Labute approximate surface area is 112 Å². The van der Waals surface area contributed by atoms with E-state index in [0.29, 0.717) is 19.8 Å². The smallest absolute Gasteiger partial charge is 0.174 e. The van der Waals surface area contributed by atoms with Crippen LogP contribution in [0, 0.1) is 6.92 Å². The second kappa shape index (κ2) is 7.69. The molecule has 0 saturated heterocycles. The summed E-state index contributed by atoms with van der Waals surface area (Å²) in [4.78, 5) is 0. The van der Waals surface area contributed by atoms with Crippen molar-refractivity contribution in [3.05, 3.63) is 28.2 Å². The summed E-state index contributed by atoms with van der Waals surface area (Å²) in [6, 6.07) is 6.09. The highest BCUT2D eigenvalue weighted by Gasteiger charge is 2.08. The van der Waals surface area contributed by atoms with Crippen LogP contribution in [-0.4, -0.2) is 26.0 Å². The topological polar surface area (TPSA) is 30.5 Å². The third-order valence-electron chi connectivity index (χ3n) is 2.43. The van der Waals surface area contributed by atoms with Gasteiger partial charge in [-0.05, 0) is 38.5 Å². The first-order valence-corrected chi connectivity index (χ1v) is 6.70. The standard InChI is InChI=1S/C13H20BrNO2/c1-4-16-13(17-5-2)9-15-12-8-6-7-11(14)10(12)3/h6-8,13,15H,4-5,9H2,1-3H3. The van der Waals surface area contributed by atoms with Crippen LogP contribution in [0.25, 0.3) is 0 Å². The van der Waals surface area contributed by atoms with Gasteiger partial charge in [-0.25, -0.2) is 0 Å². The lowest BCUT2D eigenvalue weighted by Gasteiger charge is -2.19. The van der Waals surface area contributed by atoms with Crippen LogP contribution in [0.1, 0.15) is 19.4 Å². The molecule has 1 rings (SSSR count). The van der Waals surface area contributed by atoms with E-state index in [2.05, 4.69) is 34.2 Å². The number of benzene rings is 1. The average molecular weight is 302 g/mol. The van der Waals surface area contributed by atoms with Gasteiger partial charge in [0.15, 0.2) is 6.29 Å². The molecule has 1 aromatic carbocycles. The summed E-state index contributed by atoms with van der Waals surface area (Å²) in [7, 11) is 0. The van der Waals surface area contributed by atoms with Crippen molar-refractivity contribution in [3.63, 3.8) is 0 Å². The maximum atomic E-state index is 5.48. The Morgan fingerprint density at radius 1 is 1.24 bits per heavy atom. The molecule has 0 aliphatic carbocycles. The van der Waals surface area contributed by atoms with E-state index >= 15 is 0 Å². The Morgan fingerprint density at radius 2 is 1.88 bits per heavy atom. The van der Waals surface area contributed by atoms with Gasteiger partial charge in [-0.15, -0.1) is 0 Å². The second-order valence-corrected chi connectivity index (χ2v) is 4.49. The van der Waals surface area contributed by atoms with Crippen molar-refractivity contribution in [1.29, 1.82) is 0 Å². The first-order valence-electron chi connectivity index (χ1n) is 5.91. The number of ether oxygens (including phenoxy) is 2. The van der Waals surface area contributed by atoms with E-state index < -0.39 is 0 Å². The molecular formula is C13H20BrNO2. The molecular weight excluding hydrogens is 282 g/mol. The largest absolute Gasteiger partial charge is 0.380 e. The molecule has 96 valence electrons. The van der Waals surface area contributed by atoms with Crippen molar-refractivity contribution in [1.82, 2.24) is 0 Å². The summed E-state index contributed by atoms with van der Waals surface area (Å²) >= 11 is 3.51. The van der Waals surface area contributed by atoms with Crippen molar-refractivity contribution in [2.45, 2.75) is 27.1 Å². The number of anilines is 1. The highest BCUT2D eigenvalue weighted by atomic mass is 79.9. The summed E-state index contributed by atoms with van der Waals surface area (Å²) in [6.07, 6.45) is -0.191. The van der Waals surface area contributed by atoms with Gasteiger partial charge in [0.25, 0.3) is 0 Å². The first-order chi connectivity index (χ1) is 8.19. The molecule has 17 heavy (non-hydrogen) atoms. The van der Waals surface area contributed by atoms with Gasteiger partial charge in [0.05, 0.1) is 6.54 Å². The monoisotopic (exact) mass is 301 g/mol. The zero-order valence-corrected chi connectivity index (χ0v) is 12.2. The molecule has 0 saturated carbocycles. The Bertz CT molecular complexity index is 338. The quantitative estimate of drug-likeness (QED) is 0.781. The Morgan fingerprint density at radius 3 is 2.47 bits per heavy atom. The van der Waals surface area contributed by atoms with Gasteiger partial charge in [-0.3, -0.25) is 0 Å². The number of rotatable bonds is 7. The van der Waals surface area contributed by atoms with Crippen LogP contribution in [0.3, 0.4) is 0 Å². The fourth-order valence-electron chi connectivity index (χ4n) is 1.53. The van der Waals surface area contributed by atoms with E-state index in [1.165, 1.54) is 5.56 Å². The van der Waals surface area contributed by atoms with Gasteiger partial charge < -0.3 is 14.8 Å². The Balaban J connectivity index is 2.55. The summed E-state index contributed by atoms with van der Waals surface area (Å²) in [5, 5.41) is 3.34. The number of hydrogen-bond donors (Lipinski definition) is 1. The van der Waals surface area contributed by atoms with Crippen LogP contribution in [0.4, 0.5) is 5.69 Å². The lowest BCUT2D eigenvalue weighted by Crippen LogP contribution is -2.26. The summed E-state index contributed by atoms with van der Waals surface area (Å²) < 4.78 is 12.1. The summed E-state index contributed by atoms with van der Waals surface area (Å²) in [5.74, 6) is 0. The predicted molar refractivity (Wildman–Crippen MR) is 74.4 cm³/mol. The molecule has 1 aromatic rings. The van der Waals surface area contributed by atoms with Crippen LogP contribution in [0.15, 0.2) is 22.7 Å². The van der Waals surface area contributed by atoms with E-state index in [-0.39, 0.29) is 6.29 Å². The lowest BCUT2D eigenvalue weighted by atomic mass is 10.2. The van der Waals surface area contributed by atoms with Gasteiger partial charge in [0.2, 0.25) is 0 Å². The van der Waals surface area contributed by atoms with Gasteiger partial charge in [-0.2, -0.15) is 0 Å². The zero-order chi connectivity index (χ0) is 12.7. The van der Waals surface area contributed by atoms with Crippen LogP contribution in [0.2, 0.25) is 0 Å². The Kier molecular flexibility index (Phi) is 6.55. The molecule has 0 unspecified atom stereocenters.